The molecule has 2 heterocycles. The third-order valence-electron chi connectivity index (χ3n) is 5.11. The van der Waals surface area contributed by atoms with Crippen LogP contribution in [0.1, 0.15) is 17.5 Å². The normalized spacial score (nSPS) is 16.9. The van der Waals surface area contributed by atoms with E-state index in [0.29, 0.717) is 0 Å². The van der Waals surface area contributed by atoms with Gasteiger partial charge in [0.05, 0.1) is 0 Å². The van der Waals surface area contributed by atoms with Crippen molar-refractivity contribution >= 4 is 11.6 Å². The molecule has 1 fully saturated rings. The first kappa shape index (κ1) is 16.5. The summed E-state index contributed by atoms with van der Waals surface area (Å²) in [4.78, 5) is 18.8. The summed E-state index contributed by atoms with van der Waals surface area (Å²) in [5.41, 5.74) is 5.75. The third-order valence-corrected chi connectivity index (χ3v) is 5.11. The lowest BCUT2D eigenvalue weighted by Gasteiger charge is -2.17. The second kappa shape index (κ2) is 7.12. The number of amides is 1. The largest absolute Gasteiger partial charge is 0.312 e. The second-order valence-corrected chi connectivity index (χ2v) is 6.95. The highest BCUT2D eigenvalue weighted by molar-refractivity contribution is 5.97. The van der Waals surface area contributed by atoms with Crippen molar-refractivity contribution in [1.29, 1.82) is 0 Å². The van der Waals surface area contributed by atoms with E-state index in [2.05, 4.69) is 48.3 Å². The number of anilines is 1. The lowest BCUT2D eigenvalue weighted by molar-refractivity contribution is -0.120. The molecule has 1 aromatic heterocycles. The monoisotopic (exact) mass is 342 g/mol. The molecule has 2 aromatic carbocycles. The summed E-state index contributed by atoms with van der Waals surface area (Å²) < 4.78 is 0. The molecular formula is C23H22N2O. The van der Waals surface area contributed by atoms with Crippen LogP contribution in [0.15, 0.2) is 73.1 Å². The molecule has 0 aliphatic carbocycles. The summed E-state index contributed by atoms with van der Waals surface area (Å²) >= 11 is 0. The summed E-state index contributed by atoms with van der Waals surface area (Å²) in [6.07, 6.45) is 5.33. The van der Waals surface area contributed by atoms with Crippen LogP contribution in [-0.2, 0) is 11.2 Å². The highest BCUT2D eigenvalue weighted by Crippen LogP contribution is 2.29. The quantitative estimate of drug-likeness (QED) is 0.691. The van der Waals surface area contributed by atoms with E-state index in [1.54, 1.807) is 12.4 Å². The Morgan fingerprint density at radius 3 is 2.27 bits per heavy atom. The molecule has 1 aliphatic rings. The first-order valence-electron chi connectivity index (χ1n) is 9.08. The topological polar surface area (TPSA) is 33.2 Å². The number of aryl methyl sites for hydroxylation is 1. The molecule has 1 atom stereocenters. The van der Waals surface area contributed by atoms with Gasteiger partial charge in [0.15, 0.2) is 0 Å². The zero-order valence-electron chi connectivity index (χ0n) is 14.9. The molecule has 3 heteroatoms. The van der Waals surface area contributed by atoms with E-state index in [9.17, 15) is 4.79 Å². The number of benzene rings is 2. The lowest BCUT2D eigenvalue weighted by atomic mass is 9.97. The number of aromatic nitrogens is 1. The van der Waals surface area contributed by atoms with Crippen LogP contribution in [0.2, 0.25) is 0 Å². The molecule has 0 N–H and O–H groups in total. The van der Waals surface area contributed by atoms with E-state index < -0.39 is 0 Å². The standard InChI is InChI=1S/C23H22N2O/c1-17-2-4-18(5-3-17)16-21-12-15-25(23(21)26)22-8-6-19(7-9-22)20-10-13-24-14-11-20/h2-11,13-14,21H,12,15-16H2,1H3. The number of hydrogen-bond acceptors (Lipinski definition) is 2. The van der Waals surface area contributed by atoms with Crippen LogP contribution in [0.5, 0.6) is 0 Å². The van der Waals surface area contributed by atoms with Crippen LogP contribution >= 0.6 is 0 Å². The van der Waals surface area contributed by atoms with E-state index >= 15 is 0 Å². The SMILES string of the molecule is Cc1ccc(CC2CCN(c3ccc(-c4ccncc4)cc3)C2=O)cc1. The van der Waals surface area contributed by atoms with Gasteiger partial charge < -0.3 is 4.90 Å². The van der Waals surface area contributed by atoms with Gasteiger partial charge in [-0.2, -0.15) is 0 Å². The van der Waals surface area contributed by atoms with E-state index in [1.807, 2.05) is 29.2 Å². The molecule has 0 bridgehead atoms. The molecule has 1 saturated heterocycles. The van der Waals surface area contributed by atoms with E-state index in [0.717, 1.165) is 36.2 Å². The number of hydrogen-bond donors (Lipinski definition) is 0. The molecule has 26 heavy (non-hydrogen) atoms. The number of carbonyl (C=O) groups excluding carboxylic acids is 1. The predicted octanol–water partition coefficient (Wildman–Crippen LogP) is 4.65. The Labute approximate surface area is 154 Å². The molecule has 1 amide bonds. The fraction of sp³-hybridized carbons (Fsp3) is 0.217. The maximum atomic E-state index is 12.8. The van der Waals surface area contributed by atoms with E-state index in [-0.39, 0.29) is 11.8 Å². The molecule has 0 radical (unpaired) electrons. The summed E-state index contributed by atoms with van der Waals surface area (Å²) in [7, 11) is 0. The minimum atomic E-state index is 0.0811. The molecular weight excluding hydrogens is 320 g/mol. The van der Waals surface area contributed by atoms with Crippen molar-refractivity contribution < 1.29 is 4.79 Å². The van der Waals surface area contributed by atoms with E-state index in [4.69, 9.17) is 0 Å². The van der Waals surface area contributed by atoms with Crippen molar-refractivity contribution in [3.8, 4) is 11.1 Å². The summed E-state index contributed by atoms with van der Waals surface area (Å²) in [6, 6.07) is 20.7. The Bertz CT molecular complexity index is 886. The van der Waals surface area contributed by atoms with Gasteiger partial charge in [-0.15, -0.1) is 0 Å². The van der Waals surface area contributed by atoms with Crippen LogP contribution in [0, 0.1) is 12.8 Å². The van der Waals surface area contributed by atoms with Crippen molar-refractivity contribution in [2.24, 2.45) is 5.92 Å². The number of carbonyl (C=O) groups is 1. The van der Waals surface area contributed by atoms with Gasteiger partial charge in [-0.05, 0) is 60.7 Å². The Balaban J connectivity index is 1.47. The number of pyridine rings is 1. The fourth-order valence-electron chi connectivity index (χ4n) is 3.57. The van der Waals surface area contributed by atoms with Gasteiger partial charge in [-0.25, -0.2) is 0 Å². The molecule has 0 saturated carbocycles. The van der Waals surface area contributed by atoms with Crippen LogP contribution in [0.25, 0.3) is 11.1 Å². The lowest BCUT2D eigenvalue weighted by Crippen LogP contribution is -2.27. The Morgan fingerprint density at radius 2 is 1.58 bits per heavy atom. The van der Waals surface area contributed by atoms with Gasteiger partial charge >= 0.3 is 0 Å². The molecule has 1 unspecified atom stereocenters. The minimum Gasteiger partial charge on any atom is -0.312 e. The van der Waals surface area contributed by atoms with Crippen molar-refractivity contribution in [3.05, 3.63) is 84.2 Å². The second-order valence-electron chi connectivity index (χ2n) is 6.95. The summed E-state index contributed by atoms with van der Waals surface area (Å²) in [6.45, 7) is 2.88. The third kappa shape index (κ3) is 3.38. The van der Waals surface area contributed by atoms with Gasteiger partial charge in [0.2, 0.25) is 5.91 Å². The van der Waals surface area contributed by atoms with Crippen molar-refractivity contribution in [2.75, 3.05) is 11.4 Å². The van der Waals surface area contributed by atoms with Crippen LogP contribution in [-0.4, -0.2) is 17.4 Å². The Morgan fingerprint density at radius 1 is 0.923 bits per heavy atom. The predicted molar refractivity (Wildman–Crippen MR) is 105 cm³/mol. The van der Waals surface area contributed by atoms with Gasteiger partial charge in [0.1, 0.15) is 0 Å². The average Bonchev–Trinajstić information content (AvgIpc) is 3.05. The highest BCUT2D eigenvalue weighted by atomic mass is 16.2. The first-order valence-corrected chi connectivity index (χ1v) is 9.08. The molecule has 0 spiro atoms. The molecule has 3 aromatic rings. The minimum absolute atomic E-state index is 0.0811. The van der Waals surface area contributed by atoms with Crippen molar-refractivity contribution in [3.63, 3.8) is 0 Å². The number of rotatable bonds is 4. The van der Waals surface area contributed by atoms with E-state index in [1.165, 1.54) is 11.1 Å². The smallest absolute Gasteiger partial charge is 0.230 e. The maximum absolute atomic E-state index is 12.8. The van der Waals surface area contributed by atoms with Gasteiger partial charge in [-0.3, -0.25) is 9.78 Å². The van der Waals surface area contributed by atoms with Gasteiger partial charge in [0, 0.05) is 30.5 Å². The fourth-order valence-corrected chi connectivity index (χ4v) is 3.57. The van der Waals surface area contributed by atoms with Crippen molar-refractivity contribution in [2.45, 2.75) is 19.8 Å². The molecule has 1 aliphatic heterocycles. The summed E-state index contributed by atoms with van der Waals surface area (Å²) in [5, 5.41) is 0. The zero-order valence-corrected chi connectivity index (χ0v) is 14.9. The number of nitrogens with zero attached hydrogens (tertiary/aromatic N) is 2. The van der Waals surface area contributed by atoms with Gasteiger partial charge in [-0.1, -0.05) is 42.0 Å². The Kier molecular flexibility index (Phi) is 4.53. The van der Waals surface area contributed by atoms with Crippen LogP contribution in [0.3, 0.4) is 0 Å². The van der Waals surface area contributed by atoms with Crippen LogP contribution < -0.4 is 4.90 Å². The maximum Gasteiger partial charge on any atom is 0.230 e. The summed E-state index contributed by atoms with van der Waals surface area (Å²) in [5.74, 6) is 0.319. The first-order chi connectivity index (χ1) is 12.7. The van der Waals surface area contributed by atoms with Gasteiger partial charge in [0.25, 0.3) is 0 Å². The zero-order chi connectivity index (χ0) is 17.9. The average molecular weight is 342 g/mol. The molecule has 4 rings (SSSR count). The molecule has 3 nitrogen and oxygen atoms in total. The molecule has 130 valence electrons. The van der Waals surface area contributed by atoms with Crippen LogP contribution in [0.4, 0.5) is 5.69 Å². The Hall–Kier alpha value is -2.94. The highest BCUT2D eigenvalue weighted by Gasteiger charge is 2.32. The van der Waals surface area contributed by atoms with Crippen molar-refractivity contribution in [1.82, 2.24) is 4.98 Å².